The first-order valence-corrected chi connectivity index (χ1v) is 5.81. The van der Waals surface area contributed by atoms with Gasteiger partial charge in [0.25, 0.3) is 5.24 Å². The van der Waals surface area contributed by atoms with Gasteiger partial charge in [-0.05, 0) is 17.9 Å². The second-order valence-electron chi connectivity index (χ2n) is 2.44. The summed E-state index contributed by atoms with van der Waals surface area (Å²) in [7, 11) is 0. The fraction of sp³-hybridized carbons (Fsp3) is 0.222. The fourth-order valence-electron chi connectivity index (χ4n) is 0.881. The molecule has 1 aromatic rings. The molecule has 0 saturated heterocycles. The summed E-state index contributed by atoms with van der Waals surface area (Å²) in [6.07, 6.45) is 1.76. The van der Waals surface area contributed by atoms with Crippen LogP contribution in [-0.4, -0.2) is 11.5 Å². The monoisotopic (exact) mass is 259 g/mol. The van der Waals surface area contributed by atoms with Gasteiger partial charge in [0.1, 0.15) is 0 Å². The molecule has 0 unspecified atom stereocenters. The predicted octanol–water partition coefficient (Wildman–Crippen LogP) is 3.02. The number of rotatable bonds is 2. The van der Waals surface area contributed by atoms with Crippen molar-refractivity contribution in [3.05, 3.63) is 34.3 Å². The highest BCUT2D eigenvalue weighted by Crippen LogP contribution is 2.15. The molecular weight excluding hydrogens is 250 g/mol. The van der Waals surface area contributed by atoms with Gasteiger partial charge in [-0.25, -0.2) is 0 Å². The van der Waals surface area contributed by atoms with E-state index in [1.165, 1.54) is 11.8 Å². The maximum Gasteiger partial charge on any atom is 0.279 e. The van der Waals surface area contributed by atoms with Crippen molar-refractivity contribution in [1.29, 1.82) is 0 Å². The number of hydrogen-bond donors (Lipinski definition) is 1. The van der Waals surface area contributed by atoms with Gasteiger partial charge in [-0.1, -0.05) is 45.9 Å². The Morgan fingerprint density at radius 1 is 1.54 bits per heavy atom. The van der Waals surface area contributed by atoms with Crippen molar-refractivity contribution in [3.63, 3.8) is 0 Å². The lowest BCUT2D eigenvalue weighted by Crippen LogP contribution is -2.17. The van der Waals surface area contributed by atoms with Gasteiger partial charge in [-0.15, -0.1) is 0 Å². The molecule has 2 nitrogen and oxygen atoms in total. The van der Waals surface area contributed by atoms with E-state index < -0.39 is 0 Å². The van der Waals surface area contributed by atoms with Crippen molar-refractivity contribution < 1.29 is 4.79 Å². The molecule has 13 heavy (non-hydrogen) atoms. The first kappa shape index (κ1) is 10.6. The van der Waals surface area contributed by atoms with Crippen LogP contribution < -0.4 is 5.32 Å². The molecule has 0 spiro atoms. The molecule has 0 radical (unpaired) electrons. The summed E-state index contributed by atoms with van der Waals surface area (Å²) in [5.74, 6) is 0. The molecule has 1 rings (SSSR count). The third-order valence-electron chi connectivity index (χ3n) is 1.57. The van der Waals surface area contributed by atoms with E-state index in [-0.39, 0.29) is 5.24 Å². The molecule has 0 saturated carbocycles. The average Bonchev–Trinajstić information content (AvgIpc) is 2.16. The normalized spacial score (nSPS) is 9.69. The van der Waals surface area contributed by atoms with Crippen LogP contribution in [-0.2, 0) is 6.54 Å². The summed E-state index contributed by atoms with van der Waals surface area (Å²) in [5, 5.41) is 2.78. The maximum atomic E-state index is 10.9. The number of thioether (sulfide) groups is 1. The number of halogens is 1. The second kappa shape index (κ2) is 5.29. The average molecular weight is 260 g/mol. The fourth-order valence-corrected chi connectivity index (χ4v) is 1.52. The van der Waals surface area contributed by atoms with Gasteiger partial charge in [0.05, 0.1) is 0 Å². The lowest BCUT2D eigenvalue weighted by Gasteiger charge is -2.04. The third kappa shape index (κ3) is 3.40. The van der Waals surface area contributed by atoms with E-state index in [2.05, 4.69) is 21.2 Å². The van der Waals surface area contributed by atoms with E-state index in [0.29, 0.717) is 6.54 Å². The molecule has 0 aliphatic carbocycles. The summed E-state index contributed by atoms with van der Waals surface area (Å²) < 4.78 is 1.02. The van der Waals surface area contributed by atoms with Gasteiger partial charge in [-0.3, -0.25) is 4.79 Å². The van der Waals surface area contributed by atoms with E-state index in [9.17, 15) is 4.79 Å². The Hall–Kier alpha value is -0.480. The van der Waals surface area contributed by atoms with Crippen LogP contribution >= 0.6 is 27.7 Å². The first-order chi connectivity index (χ1) is 6.24. The van der Waals surface area contributed by atoms with Crippen LogP contribution in [0.1, 0.15) is 5.56 Å². The van der Waals surface area contributed by atoms with Crippen LogP contribution in [0.25, 0.3) is 0 Å². The minimum atomic E-state index is -0.00393. The Labute approximate surface area is 90.2 Å². The molecule has 0 bridgehead atoms. The van der Waals surface area contributed by atoms with Crippen LogP contribution in [0.15, 0.2) is 28.7 Å². The number of carbonyl (C=O) groups is 1. The molecule has 1 N–H and O–H groups in total. The summed E-state index contributed by atoms with van der Waals surface area (Å²) in [6, 6.07) is 7.83. The van der Waals surface area contributed by atoms with E-state index in [1.807, 2.05) is 24.3 Å². The van der Waals surface area contributed by atoms with Crippen molar-refractivity contribution in [2.24, 2.45) is 0 Å². The van der Waals surface area contributed by atoms with Gasteiger partial charge < -0.3 is 5.32 Å². The van der Waals surface area contributed by atoms with Gasteiger partial charge in [-0.2, -0.15) is 0 Å². The SMILES string of the molecule is CSC(=O)NCc1ccccc1Br. The van der Waals surface area contributed by atoms with E-state index in [4.69, 9.17) is 0 Å². The van der Waals surface area contributed by atoms with Crippen molar-refractivity contribution >= 4 is 32.9 Å². The summed E-state index contributed by atoms with van der Waals surface area (Å²) >= 11 is 4.59. The second-order valence-corrected chi connectivity index (χ2v) is 4.07. The molecule has 0 fully saturated rings. The highest BCUT2D eigenvalue weighted by Gasteiger charge is 2.00. The Morgan fingerprint density at radius 2 is 2.23 bits per heavy atom. The zero-order valence-electron chi connectivity index (χ0n) is 7.21. The van der Waals surface area contributed by atoms with Gasteiger partial charge in [0.15, 0.2) is 0 Å². The quantitative estimate of drug-likeness (QED) is 0.885. The van der Waals surface area contributed by atoms with Crippen LogP contribution in [0.3, 0.4) is 0 Å². The van der Waals surface area contributed by atoms with Gasteiger partial charge in [0.2, 0.25) is 0 Å². The van der Waals surface area contributed by atoms with Crippen molar-refractivity contribution in [1.82, 2.24) is 5.32 Å². The number of carbonyl (C=O) groups excluding carboxylic acids is 1. The summed E-state index contributed by atoms with van der Waals surface area (Å²) in [6.45, 7) is 0.571. The van der Waals surface area contributed by atoms with Gasteiger partial charge in [0, 0.05) is 11.0 Å². The lowest BCUT2D eigenvalue weighted by molar-refractivity contribution is 0.260. The van der Waals surface area contributed by atoms with E-state index >= 15 is 0 Å². The Bertz CT molecular complexity index is 303. The zero-order chi connectivity index (χ0) is 9.68. The number of hydrogen-bond acceptors (Lipinski definition) is 2. The smallest absolute Gasteiger partial charge is 0.279 e. The number of amides is 1. The van der Waals surface area contributed by atoms with E-state index in [1.54, 1.807) is 6.26 Å². The molecule has 0 aliphatic rings. The predicted molar refractivity (Wildman–Crippen MR) is 59.9 cm³/mol. The maximum absolute atomic E-state index is 10.9. The molecular formula is C9H10BrNOS. The van der Waals surface area contributed by atoms with Crippen molar-refractivity contribution in [2.45, 2.75) is 6.54 Å². The largest absolute Gasteiger partial charge is 0.343 e. The molecule has 1 aromatic carbocycles. The zero-order valence-corrected chi connectivity index (χ0v) is 9.61. The standard InChI is InChI=1S/C9H10BrNOS/c1-13-9(12)11-6-7-4-2-3-5-8(7)10/h2-5H,6H2,1H3,(H,11,12). The molecule has 1 amide bonds. The van der Waals surface area contributed by atoms with Crippen LogP contribution in [0.5, 0.6) is 0 Å². The summed E-state index contributed by atoms with van der Waals surface area (Å²) in [4.78, 5) is 10.9. The van der Waals surface area contributed by atoms with Crippen molar-refractivity contribution in [2.75, 3.05) is 6.26 Å². The number of benzene rings is 1. The third-order valence-corrected chi connectivity index (χ3v) is 2.86. The lowest BCUT2D eigenvalue weighted by atomic mass is 10.2. The Kier molecular flexibility index (Phi) is 4.32. The van der Waals surface area contributed by atoms with Crippen LogP contribution in [0.2, 0.25) is 0 Å². The first-order valence-electron chi connectivity index (χ1n) is 3.79. The van der Waals surface area contributed by atoms with Crippen LogP contribution in [0, 0.1) is 0 Å². The van der Waals surface area contributed by atoms with Crippen molar-refractivity contribution in [3.8, 4) is 0 Å². The number of nitrogens with one attached hydrogen (secondary N) is 1. The summed E-state index contributed by atoms with van der Waals surface area (Å²) in [5.41, 5.74) is 1.09. The molecule has 0 heterocycles. The topological polar surface area (TPSA) is 29.1 Å². The highest BCUT2D eigenvalue weighted by atomic mass is 79.9. The van der Waals surface area contributed by atoms with Gasteiger partial charge >= 0.3 is 0 Å². The minimum Gasteiger partial charge on any atom is -0.343 e. The molecule has 4 heteroatoms. The Morgan fingerprint density at radius 3 is 2.85 bits per heavy atom. The minimum absolute atomic E-state index is 0.00393. The highest BCUT2D eigenvalue weighted by molar-refractivity contribution is 9.10. The van der Waals surface area contributed by atoms with E-state index in [0.717, 1.165) is 10.0 Å². The van der Waals surface area contributed by atoms with Crippen LogP contribution in [0.4, 0.5) is 4.79 Å². The molecule has 70 valence electrons. The molecule has 0 aliphatic heterocycles. The molecule has 0 atom stereocenters. The molecule has 0 aromatic heterocycles. The Balaban J connectivity index is 2.54.